The van der Waals surface area contributed by atoms with Crippen molar-refractivity contribution in [3.8, 4) is 0 Å². The highest BCUT2D eigenvalue weighted by molar-refractivity contribution is 5.79. The Hall–Kier alpha value is -1.14. The van der Waals surface area contributed by atoms with Crippen molar-refractivity contribution in [3.05, 3.63) is 0 Å². The van der Waals surface area contributed by atoms with Crippen molar-refractivity contribution >= 4 is 11.9 Å². The largest absolute Gasteiger partial charge is 0.481 e. The predicted molar refractivity (Wildman–Crippen MR) is 91.9 cm³/mol. The molecule has 0 aromatic rings. The van der Waals surface area contributed by atoms with Crippen LogP contribution in [0.1, 0.15) is 57.8 Å². The first-order valence-corrected chi connectivity index (χ1v) is 9.30. The van der Waals surface area contributed by atoms with Gasteiger partial charge in [0.1, 0.15) is 0 Å². The first-order valence-electron chi connectivity index (χ1n) is 9.30. The molecule has 1 atom stereocenters. The molecule has 1 aliphatic carbocycles. The molecule has 2 N–H and O–H groups in total. The van der Waals surface area contributed by atoms with E-state index >= 15 is 0 Å². The molecule has 1 saturated heterocycles. The number of hydrogen-bond donors (Lipinski definition) is 2. The van der Waals surface area contributed by atoms with Gasteiger partial charge in [0.05, 0.1) is 12.0 Å². The fourth-order valence-corrected chi connectivity index (χ4v) is 4.05. The molecule has 1 heterocycles. The number of methoxy groups -OCH3 is 1. The Bertz CT molecular complexity index is 421. The number of nitrogens with zero attached hydrogens (tertiary/aromatic N) is 1. The topological polar surface area (TPSA) is 78.9 Å². The van der Waals surface area contributed by atoms with Crippen molar-refractivity contribution in [3.63, 3.8) is 0 Å². The van der Waals surface area contributed by atoms with E-state index in [4.69, 9.17) is 4.74 Å². The quantitative estimate of drug-likeness (QED) is 0.693. The van der Waals surface area contributed by atoms with Gasteiger partial charge in [-0.3, -0.25) is 14.5 Å². The van der Waals surface area contributed by atoms with Crippen molar-refractivity contribution < 1.29 is 19.4 Å². The maximum absolute atomic E-state index is 12.4. The van der Waals surface area contributed by atoms with Crippen molar-refractivity contribution in [1.29, 1.82) is 0 Å². The third-order valence-electron chi connectivity index (χ3n) is 5.48. The van der Waals surface area contributed by atoms with Crippen LogP contribution in [0.15, 0.2) is 0 Å². The SMILES string of the molecule is COCC[C@]1(C(=O)O)CCCN(CC(=O)NC2CCCCCC2)C1. The Labute approximate surface area is 144 Å². The monoisotopic (exact) mass is 340 g/mol. The van der Waals surface area contributed by atoms with Crippen LogP contribution >= 0.6 is 0 Å². The molecule has 0 aromatic carbocycles. The number of carbonyl (C=O) groups is 2. The van der Waals surface area contributed by atoms with Crippen molar-refractivity contribution in [1.82, 2.24) is 10.2 Å². The van der Waals surface area contributed by atoms with Crippen molar-refractivity contribution in [2.75, 3.05) is 33.4 Å². The van der Waals surface area contributed by atoms with Crippen molar-refractivity contribution in [2.45, 2.75) is 63.8 Å². The van der Waals surface area contributed by atoms with Gasteiger partial charge >= 0.3 is 5.97 Å². The molecule has 0 spiro atoms. The highest BCUT2D eigenvalue weighted by Crippen LogP contribution is 2.33. The van der Waals surface area contributed by atoms with Gasteiger partial charge in [-0.05, 0) is 38.6 Å². The van der Waals surface area contributed by atoms with E-state index in [1.54, 1.807) is 7.11 Å². The predicted octanol–water partition coefficient (Wildman–Crippen LogP) is 2.03. The minimum absolute atomic E-state index is 0.0369. The van der Waals surface area contributed by atoms with Crippen LogP contribution in [0.3, 0.4) is 0 Å². The first kappa shape index (κ1) is 19.2. The van der Waals surface area contributed by atoms with Gasteiger partial charge in [-0.2, -0.15) is 0 Å². The van der Waals surface area contributed by atoms with Gasteiger partial charge in [0, 0.05) is 26.3 Å². The standard InChI is InChI=1S/C18H32N2O4/c1-24-12-10-18(17(22)23)9-6-11-20(14-18)13-16(21)19-15-7-4-2-3-5-8-15/h15H,2-14H2,1H3,(H,19,21)(H,22,23)/t18-/m1/s1. The lowest BCUT2D eigenvalue weighted by atomic mass is 9.77. The number of amides is 1. The number of hydrogen-bond acceptors (Lipinski definition) is 4. The van der Waals surface area contributed by atoms with E-state index in [1.165, 1.54) is 25.7 Å². The maximum Gasteiger partial charge on any atom is 0.311 e. The van der Waals surface area contributed by atoms with Gasteiger partial charge in [0.25, 0.3) is 0 Å². The van der Waals surface area contributed by atoms with Gasteiger partial charge in [-0.1, -0.05) is 25.7 Å². The lowest BCUT2D eigenvalue weighted by molar-refractivity contribution is -0.154. The molecule has 138 valence electrons. The zero-order valence-electron chi connectivity index (χ0n) is 14.9. The second-order valence-electron chi connectivity index (χ2n) is 7.40. The van der Waals surface area contributed by atoms with E-state index in [0.717, 1.165) is 25.8 Å². The van der Waals surface area contributed by atoms with Gasteiger partial charge in [0.2, 0.25) is 5.91 Å². The van der Waals surface area contributed by atoms with E-state index in [1.807, 2.05) is 4.90 Å². The molecule has 1 amide bonds. The second kappa shape index (κ2) is 9.37. The molecule has 2 rings (SSSR count). The number of rotatable bonds is 7. The molecule has 2 aliphatic rings. The summed E-state index contributed by atoms with van der Waals surface area (Å²) in [6.45, 7) is 1.97. The number of aliphatic carboxylic acids is 1. The molecular weight excluding hydrogens is 308 g/mol. The molecule has 6 heteroatoms. The normalized spacial score (nSPS) is 26.7. The van der Waals surface area contributed by atoms with E-state index < -0.39 is 11.4 Å². The molecule has 0 radical (unpaired) electrons. The molecule has 0 aromatic heterocycles. The van der Waals surface area contributed by atoms with Crippen molar-refractivity contribution in [2.24, 2.45) is 5.41 Å². The van der Waals surface area contributed by atoms with Crippen LogP contribution in [0.4, 0.5) is 0 Å². The van der Waals surface area contributed by atoms with Crippen LogP contribution in [-0.2, 0) is 14.3 Å². The highest BCUT2D eigenvalue weighted by Gasteiger charge is 2.42. The zero-order valence-corrected chi connectivity index (χ0v) is 14.9. The molecule has 1 aliphatic heterocycles. The maximum atomic E-state index is 12.4. The fraction of sp³-hybridized carbons (Fsp3) is 0.889. The number of carbonyl (C=O) groups excluding carboxylic acids is 1. The van der Waals surface area contributed by atoms with Gasteiger partial charge < -0.3 is 15.2 Å². The summed E-state index contributed by atoms with van der Waals surface area (Å²) in [5, 5.41) is 12.8. The molecule has 0 bridgehead atoms. The summed E-state index contributed by atoms with van der Waals surface area (Å²) in [6, 6.07) is 0.294. The van der Waals surface area contributed by atoms with Gasteiger partial charge in [-0.15, -0.1) is 0 Å². The van der Waals surface area contributed by atoms with Crippen LogP contribution in [0.2, 0.25) is 0 Å². The summed E-state index contributed by atoms with van der Waals surface area (Å²) < 4.78 is 5.09. The summed E-state index contributed by atoms with van der Waals surface area (Å²) in [6.07, 6.45) is 9.01. The summed E-state index contributed by atoms with van der Waals surface area (Å²) in [5.74, 6) is -0.733. The van der Waals surface area contributed by atoms with Gasteiger partial charge in [0.15, 0.2) is 0 Å². The molecule has 2 fully saturated rings. The smallest absolute Gasteiger partial charge is 0.311 e. The number of likely N-dealkylation sites (tertiary alicyclic amines) is 1. The minimum Gasteiger partial charge on any atom is -0.481 e. The first-order chi connectivity index (χ1) is 11.6. The van der Waals surface area contributed by atoms with E-state index in [0.29, 0.717) is 38.6 Å². The number of carboxylic acid groups (broad SMARTS) is 1. The Morgan fingerprint density at radius 1 is 1.21 bits per heavy atom. The minimum atomic E-state index is -0.781. The molecular formula is C18H32N2O4. The van der Waals surface area contributed by atoms with Crippen LogP contribution in [0.5, 0.6) is 0 Å². The molecule has 0 unspecified atom stereocenters. The number of nitrogens with one attached hydrogen (secondary N) is 1. The summed E-state index contributed by atoms with van der Waals surface area (Å²) >= 11 is 0. The summed E-state index contributed by atoms with van der Waals surface area (Å²) in [5.41, 5.74) is -0.781. The zero-order chi connectivity index (χ0) is 17.4. The average molecular weight is 340 g/mol. The number of carboxylic acids is 1. The van der Waals surface area contributed by atoms with E-state index in [-0.39, 0.29) is 5.91 Å². The van der Waals surface area contributed by atoms with Crippen LogP contribution in [0.25, 0.3) is 0 Å². The van der Waals surface area contributed by atoms with Crippen LogP contribution in [-0.4, -0.2) is 61.3 Å². The van der Waals surface area contributed by atoms with Crippen LogP contribution in [0, 0.1) is 5.41 Å². The molecule has 24 heavy (non-hydrogen) atoms. The Balaban J connectivity index is 1.86. The fourth-order valence-electron chi connectivity index (χ4n) is 4.05. The van der Waals surface area contributed by atoms with Crippen LogP contribution < -0.4 is 5.32 Å². The third kappa shape index (κ3) is 5.45. The Kier molecular flexibility index (Phi) is 7.49. The van der Waals surface area contributed by atoms with E-state index in [9.17, 15) is 14.7 Å². The number of ether oxygens (including phenoxy) is 1. The summed E-state index contributed by atoms with van der Waals surface area (Å²) in [4.78, 5) is 26.1. The number of piperidine rings is 1. The van der Waals surface area contributed by atoms with E-state index in [2.05, 4.69) is 5.32 Å². The molecule has 6 nitrogen and oxygen atoms in total. The van der Waals surface area contributed by atoms with Gasteiger partial charge in [-0.25, -0.2) is 0 Å². The third-order valence-corrected chi connectivity index (χ3v) is 5.48. The second-order valence-corrected chi connectivity index (χ2v) is 7.40. The summed E-state index contributed by atoms with van der Waals surface area (Å²) in [7, 11) is 1.59. The lowest BCUT2D eigenvalue weighted by Crippen LogP contribution is -2.51. The lowest BCUT2D eigenvalue weighted by Gasteiger charge is -2.39. The average Bonchev–Trinajstić information content (AvgIpc) is 2.81. The molecule has 1 saturated carbocycles. The highest BCUT2D eigenvalue weighted by atomic mass is 16.5. The Morgan fingerprint density at radius 2 is 1.92 bits per heavy atom. The Morgan fingerprint density at radius 3 is 2.54 bits per heavy atom.